The standard InChI is InChI=1S/C20H17FN6O3S.ClH/c21-8-14(9-22)10-27-20(29)25(13-24-27)11-16-4-3-15(31-16)5-7-26-17-2-1-6-23-19(17)30-12-18(26)28;/h1-4,6,8,13H,9-12,22H2;1H/b14-8+;. The Morgan fingerprint density at radius 2 is 2.19 bits per heavy atom. The van der Waals surface area contributed by atoms with E-state index in [-0.39, 0.29) is 49.3 Å². The summed E-state index contributed by atoms with van der Waals surface area (Å²) < 4.78 is 20.6. The van der Waals surface area contributed by atoms with Crippen molar-refractivity contribution in [2.24, 2.45) is 5.73 Å². The van der Waals surface area contributed by atoms with Crippen molar-refractivity contribution >= 4 is 35.3 Å². The van der Waals surface area contributed by atoms with E-state index in [1.165, 1.54) is 27.1 Å². The van der Waals surface area contributed by atoms with E-state index in [0.29, 0.717) is 24.4 Å². The van der Waals surface area contributed by atoms with Crippen LogP contribution in [0.4, 0.5) is 10.1 Å². The van der Waals surface area contributed by atoms with E-state index in [2.05, 4.69) is 22.0 Å². The van der Waals surface area contributed by atoms with E-state index in [0.717, 1.165) is 14.4 Å². The first-order valence-electron chi connectivity index (χ1n) is 9.20. The lowest BCUT2D eigenvalue weighted by Crippen LogP contribution is -2.35. The Hall–Kier alpha value is -3.46. The molecule has 0 aliphatic carbocycles. The maximum absolute atomic E-state index is 12.7. The van der Waals surface area contributed by atoms with Gasteiger partial charge in [-0.1, -0.05) is 0 Å². The molecule has 9 nitrogen and oxygen atoms in total. The summed E-state index contributed by atoms with van der Waals surface area (Å²) in [6.07, 6.45) is 3.38. The van der Waals surface area contributed by atoms with Crippen molar-refractivity contribution in [3.05, 3.63) is 68.9 Å². The van der Waals surface area contributed by atoms with Gasteiger partial charge in [0, 0.05) is 23.7 Å². The Labute approximate surface area is 192 Å². The fourth-order valence-corrected chi connectivity index (χ4v) is 3.70. The molecule has 0 saturated heterocycles. The van der Waals surface area contributed by atoms with Crippen LogP contribution >= 0.6 is 23.7 Å². The molecule has 0 aromatic carbocycles. The molecular weight excluding hydrogens is 459 g/mol. The zero-order valence-electron chi connectivity index (χ0n) is 16.6. The van der Waals surface area contributed by atoms with Crippen molar-refractivity contribution < 1.29 is 13.9 Å². The molecule has 3 aromatic heterocycles. The molecule has 12 heteroatoms. The quantitative estimate of drug-likeness (QED) is 0.559. The lowest BCUT2D eigenvalue weighted by Gasteiger charge is -2.22. The molecule has 0 bridgehead atoms. The van der Waals surface area contributed by atoms with E-state index in [1.807, 2.05) is 12.1 Å². The van der Waals surface area contributed by atoms with E-state index in [4.69, 9.17) is 10.5 Å². The lowest BCUT2D eigenvalue weighted by atomic mass is 10.3. The summed E-state index contributed by atoms with van der Waals surface area (Å²) in [4.78, 5) is 31.6. The maximum Gasteiger partial charge on any atom is 0.346 e. The zero-order valence-corrected chi connectivity index (χ0v) is 18.2. The molecule has 0 saturated carbocycles. The van der Waals surface area contributed by atoms with Crippen molar-refractivity contribution in [3.63, 3.8) is 0 Å². The number of carbonyl (C=O) groups excluding carboxylic acids is 1. The van der Waals surface area contributed by atoms with Gasteiger partial charge in [-0.15, -0.1) is 23.7 Å². The van der Waals surface area contributed by atoms with Gasteiger partial charge in [-0.2, -0.15) is 5.10 Å². The third kappa shape index (κ3) is 4.88. The minimum absolute atomic E-state index is 0. The number of hydrogen-bond acceptors (Lipinski definition) is 7. The van der Waals surface area contributed by atoms with E-state index < -0.39 is 0 Å². The molecular formula is C20H18ClFN6O3S. The number of nitrogens with two attached hydrogens (primary N) is 1. The Kier molecular flexibility index (Phi) is 7.42. The Bertz CT molecular complexity index is 1270. The minimum Gasteiger partial charge on any atom is -0.466 e. The molecule has 1 amide bonds. The molecule has 32 heavy (non-hydrogen) atoms. The molecule has 0 unspecified atom stereocenters. The number of anilines is 1. The topological polar surface area (TPSA) is 108 Å². The number of pyridine rings is 1. The first-order chi connectivity index (χ1) is 15.1. The van der Waals surface area contributed by atoms with Gasteiger partial charge in [-0.3, -0.25) is 9.36 Å². The second-order valence-corrected chi connectivity index (χ2v) is 7.69. The molecule has 166 valence electrons. The molecule has 1 aliphatic heterocycles. The second-order valence-electron chi connectivity index (χ2n) is 6.52. The van der Waals surface area contributed by atoms with Crippen LogP contribution in [0.3, 0.4) is 0 Å². The second kappa shape index (κ2) is 10.2. The molecule has 0 atom stereocenters. The predicted molar refractivity (Wildman–Crippen MR) is 119 cm³/mol. The van der Waals surface area contributed by atoms with Gasteiger partial charge in [0.2, 0.25) is 5.88 Å². The van der Waals surface area contributed by atoms with Crippen LogP contribution in [0.5, 0.6) is 5.88 Å². The third-order valence-corrected chi connectivity index (χ3v) is 5.40. The molecule has 0 fully saturated rings. The Morgan fingerprint density at radius 3 is 2.97 bits per heavy atom. The average Bonchev–Trinajstić information content (AvgIpc) is 3.38. The number of carbonyl (C=O) groups is 1. The fourth-order valence-electron chi connectivity index (χ4n) is 2.85. The normalized spacial score (nSPS) is 13.0. The number of rotatable bonds is 5. The minimum atomic E-state index is -0.364. The van der Waals surface area contributed by atoms with Crippen molar-refractivity contribution in [3.8, 4) is 17.8 Å². The Morgan fingerprint density at radius 1 is 1.34 bits per heavy atom. The first kappa shape index (κ1) is 23.2. The fraction of sp³-hybridized carbons (Fsp3) is 0.200. The molecule has 4 heterocycles. The van der Waals surface area contributed by atoms with Gasteiger partial charge in [0.1, 0.15) is 12.0 Å². The smallest absolute Gasteiger partial charge is 0.346 e. The number of thiophene rings is 1. The summed E-state index contributed by atoms with van der Waals surface area (Å²) in [5.74, 6) is 3.06. The number of hydrogen-bond donors (Lipinski definition) is 1. The average molecular weight is 477 g/mol. The molecule has 0 radical (unpaired) electrons. The number of aromatic nitrogens is 4. The maximum atomic E-state index is 12.7. The van der Waals surface area contributed by atoms with Gasteiger partial charge in [0.05, 0.1) is 24.3 Å². The van der Waals surface area contributed by atoms with Crippen LogP contribution in [-0.2, 0) is 17.9 Å². The highest BCUT2D eigenvalue weighted by Crippen LogP contribution is 2.28. The van der Waals surface area contributed by atoms with E-state index >= 15 is 0 Å². The van der Waals surface area contributed by atoms with Gasteiger partial charge in [0.15, 0.2) is 6.61 Å². The summed E-state index contributed by atoms with van der Waals surface area (Å²) >= 11 is 1.39. The van der Waals surface area contributed by atoms with Crippen molar-refractivity contribution in [1.29, 1.82) is 0 Å². The Balaban J connectivity index is 0.00000289. The van der Waals surface area contributed by atoms with Gasteiger partial charge >= 0.3 is 5.69 Å². The summed E-state index contributed by atoms with van der Waals surface area (Å²) in [5.41, 5.74) is 5.84. The molecule has 4 rings (SSSR count). The summed E-state index contributed by atoms with van der Waals surface area (Å²) in [6, 6.07) is 9.94. The van der Waals surface area contributed by atoms with Crippen LogP contribution in [-0.4, -0.2) is 38.4 Å². The summed E-state index contributed by atoms with van der Waals surface area (Å²) in [6.45, 7) is 0.190. The van der Waals surface area contributed by atoms with E-state index in [1.54, 1.807) is 18.3 Å². The molecule has 0 spiro atoms. The number of nitrogens with zero attached hydrogens (tertiary/aromatic N) is 5. The van der Waals surface area contributed by atoms with Gasteiger partial charge < -0.3 is 10.5 Å². The number of halogens is 2. The summed E-state index contributed by atoms with van der Waals surface area (Å²) in [5, 5.41) is 4.00. The number of ether oxygens (including phenoxy) is 1. The third-order valence-electron chi connectivity index (χ3n) is 4.42. The van der Waals surface area contributed by atoms with Crippen molar-refractivity contribution in [1.82, 2.24) is 19.3 Å². The number of fused-ring (bicyclic) bond motifs is 1. The zero-order chi connectivity index (χ0) is 21.8. The first-order valence-corrected chi connectivity index (χ1v) is 10.0. The van der Waals surface area contributed by atoms with Crippen LogP contribution in [0.1, 0.15) is 9.75 Å². The highest BCUT2D eigenvalue weighted by atomic mass is 35.5. The van der Waals surface area contributed by atoms with Crippen LogP contribution in [0.15, 0.2) is 53.5 Å². The van der Waals surface area contributed by atoms with Gasteiger partial charge in [0.25, 0.3) is 5.91 Å². The monoisotopic (exact) mass is 476 g/mol. The van der Waals surface area contributed by atoms with Gasteiger partial charge in [-0.05, 0) is 35.8 Å². The number of amides is 1. The molecule has 2 N–H and O–H groups in total. The lowest BCUT2D eigenvalue weighted by molar-refractivity contribution is -0.120. The largest absolute Gasteiger partial charge is 0.466 e. The van der Waals surface area contributed by atoms with E-state index in [9.17, 15) is 14.0 Å². The highest BCUT2D eigenvalue weighted by molar-refractivity contribution is 7.12. The van der Waals surface area contributed by atoms with Crippen LogP contribution < -0.4 is 21.1 Å². The van der Waals surface area contributed by atoms with Gasteiger partial charge in [-0.25, -0.2) is 23.8 Å². The summed E-state index contributed by atoms with van der Waals surface area (Å²) in [7, 11) is 0. The SMILES string of the molecule is Cl.NC/C(=C\F)Cn1ncn(Cc2ccc(C#CN3C(=O)COc4ncccc43)s2)c1=O. The molecule has 1 aliphatic rings. The van der Waals surface area contributed by atoms with Crippen LogP contribution in [0, 0.1) is 12.0 Å². The predicted octanol–water partition coefficient (Wildman–Crippen LogP) is 1.52. The van der Waals surface area contributed by atoms with Crippen molar-refractivity contribution in [2.75, 3.05) is 18.1 Å². The van der Waals surface area contributed by atoms with Crippen LogP contribution in [0.25, 0.3) is 0 Å². The molecule has 3 aromatic rings. The van der Waals surface area contributed by atoms with Crippen LogP contribution in [0.2, 0.25) is 0 Å². The van der Waals surface area contributed by atoms with Crippen molar-refractivity contribution in [2.45, 2.75) is 13.1 Å². The highest BCUT2D eigenvalue weighted by Gasteiger charge is 2.25.